The molecule has 0 unspecified atom stereocenters. The third-order valence-electron chi connectivity index (χ3n) is 3.37. The van der Waals surface area contributed by atoms with Gasteiger partial charge in [0.1, 0.15) is 11.4 Å². The van der Waals surface area contributed by atoms with Crippen LogP contribution >= 0.6 is 0 Å². The largest absolute Gasteiger partial charge is 0.497 e. The van der Waals surface area contributed by atoms with E-state index >= 15 is 0 Å². The number of benzene rings is 1. The molecule has 124 valence electrons. The van der Waals surface area contributed by atoms with Crippen LogP contribution in [0.3, 0.4) is 0 Å². The molecule has 0 spiro atoms. The molecule has 0 saturated carbocycles. The normalized spacial score (nSPS) is 10.8. The highest BCUT2D eigenvalue weighted by Crippen LogP contribution is 2.12. The Hall–Kier alpha value is -2.41. The summed E-state index contributed by atoms with van der Waals surface area (Å²) in [5.74, 6) is 1.19. The molecule has 0 aliphatic rings. The summed E-state index contributed by atoms with van der Waals surface area (Å²) in [6, 6.07) is 7.54. The minimum absolute atomic E-state index is 0.217. The van der Waals surface area contributed by atoms with Gasteiger partial charge in [-0.2, -0.15) is 0 Å². The van der Waals surface area contributed by atoms with Gasteiger partial charge in [-0.15, -0.1) is 10.2 Å². The molecule has 7 heteroatoms. The maximum atomic E-state index is 12.1. The molecule has 1 heterocycles. The molecule has 0 fully saturated rings. The second-order valence-corrected chi connectivity index (χ2v) is 5.56. The molecule has 0 aliphatic heterocycles. The van der Waals surface area contributed by atoms with E-state index in [0.717, 1.165) is 30.8 Å². The number of H-pyrrole nitrogens is 1. The lowest BCUT2D eigenvalue weighted by Gasteiger charge is -2.09. The molecule has 23 heavy (non-hydrogen) atoms. The summed E-state index contributed by atoms with van der Waals surface area (Å²) in [5.41, 5.74) is 1.16. The van der Waals surface area contributed by atoms with E-state index in [0.29, 0.717) is 18.1 Å². The number of hydrogen-bond acceptors (Lipinski definition) is 6. The molecular formula is C16H23N5O2. The molecule has 0 saturated heterocycles. The van der Waals surface area contributed by atoms with Gasteiger partial charge in [-0.25, -0.2) is 0 Å². The molecule has 0 aliphatic carbocycles. The summed E-state index contributed by atoms with van der Waals surface area (Å²) in [5, 5.41) is 11.1. The third-order valence-corrected chi connectivity index (χ3v) is 3.37. The van der Waals surface area contributed by atoms with Crippen LogP contribution in [-0.4, -0.2) is 54.4 Å². The van der Waals surface area contributed by atoms with E-state index < -0.39 is 0 Å². The fraction of sp³-hybridized carbons (Fsp3) is 0.438. The Labute approximate surface area is 135 Å². The van der Waals surface area contributed by atoms with E-state index in [1.807, 2.05) is 38.4 Å². The molecule has 0 amide bonds. The van der Waals surface area contributed by atoms with Crippen LogP contribution < -0.4 is 15.6 Å². The molecule has 2 N–H and O–H groups in total. The van der Waals surface area contributed by atoms with Crippen LogP contribution in [0.5, 0.6) is 5.75 Å². The van der Waals surface area contributed by atoms with Crippen LogP contribution in [0.1, 0.15) is 17.7 Å². The zero-order valence-corrected chi connectivity index (χ0v) is 13.8. The van der Waals surface area contributed by atoms with Crippen molar-refractivity contribution in [2.75, 3.05) is 39.6 Å². The Morgan fingerprint density at radius 2 is 1.96 bits per heavy atom. The average Bonchev–Trinajstić information content (AvgIpc) is 2.54. The molecule has 2 rings (SSSR count). The molecule has 0 radical (unpaired) electrons. The number of nitrogens with one attached hydrogen (secondary N) is 2. The van der Waals surface area contributed by atoms with Crippen molar-refractivity contribution in [1.82, 2.24) is 20.1 Å². The van der Waals surface area contributed by atoms with Gasteiger partial charge in [0.15, 0.2) is 0 Å². The minimum Gasteiger partial charge on any atom is -0.497 e. The van der Waals surface area contributed by atoms with Gasteiger partial charge in [0.25, 0.3) is 5.56 Å². The fourth-order valence-electron chi connectivity index (χ4n) is 2.09. The average molecular weight is 317 g/mol. The number of ether oxygens (including phenoxy) is 1. The van der Waals surface area contributed by atoms with Crippen molar-refractivity contribution in [2.45, 2.75) is 12.8 Å². The summed E-state index contributed by atoms with van der Waals surface area (Å²) in [4.78, 5) is 16.9. The van der Waals surface area contributed by atoms with Crippen LogP contribution in [-0.2, 0) is 6.42 Å². The number of hydrogen-bond donors (Lipinski definition) is 2. The molecular weight excluding hydrogens is 294 g/mol. The van der Waals surface area contributed by atoms with E-state index in [1.165, 1.54) is 0 Å². The van der Waals surface area contributed by atoms with Crippen LogP contribution in [0.25, 0.3) is 0 Å². The SMILES string of the molecule is COc1ccc(Cc2nnc(NCCCN(C)C)[nH]c2=O)cc1. The fourth-order valence-corrected chi connectivity index (χ4v) is 2.09. The summed E-state index contributed by atoms with van der Waals surface area (Å²) in [6.07, 6.45) is 1.40. The first kappa shape index (κ1) is 17.0. The summed E-state index contributed by atoms with van der Waals surface area (Å²) in [7, 11) is 5.67. The van der Waals surface area contributed by atoms with E-state index in [1.54, 1.807) is 7.11 Å². The van der Waals surface area contributed by atoms with Gasteiger partial charge in [-0.05, 0) is 44.8 Å². The zero-order valence-electron chi connectivity index (χ0n) is 13.8. The van der Waals surface area contributed by atoms with Crippen molar-refractivity contribution in [1.29, 1.82) is 0 Å². The van der Waals surface area contributed by atoms with Gasteiger partial charge in [0.05, 0.1) is 7.11 Å². The Balaban J connectivity index is 1.94. The van der Waals surface area contributed by atoms with Gasteiger partial charge in [-0.3, -0.25) is 9.78 Å². The van der Waals surface area contributed by atoms with E-state index in [9.17, 15) is 4.79 Å². The van der Waals surface area contributed by atoms with Gasteiger partial charge in [0.2, 0.25) is 5.95 Å². The number of rotatable bonds is 8. The smallest absolute Gasteiger partial charge is 0.274 e. The summed E-state index contributed by atoms with van der Waals surface area (Å²) < 4.78 is 5.11. The Kier molecular flexibility index (Phi) is 6.10. The topological polar surface area (TPSA) is 83.1 Å². The van der Waals surface area contributed by atoms with Crippen LogP contribution in [0, 0.1) is 0 Å². The first-order chi connectivity index (χ1) is 11.1. The van der Waals surface area contributed by atoms with Gasteiger partial charge < -0.3 is 15.0 Å². The quantitative estimate of drug-likeness (QED) is 0.710. The van der Waals surface area contributed by atoms with Gasteiger partial charge in [-0.1, -0.05) is 12.1 Å². The number of methoxy groups -OCH3 is 1. The standard InChI is InChI=1S/C16H23N5O2/c1-21(2)10-4-9-17-16-18-15(22)14(19-20-16)11-12-5-7-13(23-3)8-6-12/h5-8H,4,9-11H2,1-3H3,(H2,17,18,20,22). The number of aromatic amines is 1. The summed E-state index contributed by atoms with van der Waals surface area (Å²) >= 11 is 0. The van der Waals surface area contributed by atoms with Crippen LogP contribution in [0.2, 0.25) is 0 Å². The Bertz CT molecular complexity index is 667. The molecule has 0 atom stereocenters. The molecule has 1 aromatic heterocycles. The molecule has 7 nitrogen and oxygen atoms in total. The highest BCUT2D eigenvalue weighted by molar-refractivity contribution is 5.30. The summed E-state index contributed by atoms with van der Waals surface area (Å²) in [6.45, 7) is 1.71. The van der Waals surface area contributed by atoms with Crippen molar-refractivity contribution in [3.63, 3.8) is 0 Å². The van der Waals surface area contributed by atoms with Gasteiger partial charge >= 0.3 is 0 Å². The highest BCUT2D eigenvalue weighted by atomic mass is 16.5. The van der Waals surface area contributed by atoms with Crippen LogP contribution in [0.4, 0.5) is 5.95 Å². The predicted octanol–water partition coefficient (Wildman–Crippen LogP) is 1.13. The predicted molar refractivity (Wildman–Crippen MR) is 90.1 cm³/mol. The third kappa shape index (κ3) is 5.37. The van der Waals surface area contributed by atoms with E-state index in [4.69, 9.17) is 4.74 Å². The number of nitrogens with zero attached hydrogens (tertiary/aromatic N) is 3. The number of aromatic nitrogens is 3. The van der Waals surface area contributed by atoms with Gasteiger partial charge in [0, 0.05) is 13.0 Å². The maximum absolute atomic E-state index is 12.1. The van der Waals surface area contributed by atoms with E-state index in [-0.39, 0.29) is 5.56 Å². The molecule has 0 bridgehead atoms. The zero-order chi connectivity index (χ0) is 16.7. The van der Waals surface area contributed by atoms with E-state index in [2.05, 4.69) is 25.4 Å². The lowest BCUT2D eigenvalue weighted by atomic mass is 10.1. The van der Waals surface area contributed by atoms with Crippen molar-refractivity contribution >= 4 is 5.95 Å². The monoisotopic (exact) mass is 317 g/mol. The second kappa shape index (κ2) is 8.28. The molecule has 1 aromatic carbocycles. The maximum Gasteiger partial charge on any atom is 0.274 e. The lowest BCUT2D eigenvalue weighted by molar-refractivity contribution is 0.405. The van der Waals surface area contributed by atoms with Crippen molar-refractivity contribution in [3.05, 3.63) is 45.9 Å². The lowest BCUT2D eigenvalue weighted by Crippen LogP contribution is -2.21. The number of anilines is 1. The van der Waals surface area contributed by atoms with Crippen molar-refractivity contribution < 1.29 is 4.74 Å². The molecule has 2 aromatic rings. The Morgan fingerprint density at radius 3 is 2.57 bits per heavy atom. The Morgan fingerprint density at radius 1 is 1.22 bits per heavy atom. The second-order valence-electron chi connectivity index (χ2n) is 5.56. The minimum atomic E-state index is -0.217. The van der Waals surface area contributed by atoms with Crippen molar-refractivity contribution in [2.24, 2.45) is 0 Å². The van der Waals surface area contributed by atoms with Crippen molar-refractivity contribution in [3.8, 4) is 5.75 Å². The first-order valence-electron chi connectivity index (χ1n) is 7.56. The van der Waals surface area contributed by atoms with Crippen LogP contribution in [0.15, 0.2) is 29.1 Å². The highest BCUT2D eigenvalue weighted by Gasteiger charge is 2.06. The first-order valence-corrected chi connectivity index (χ1v) is 7.56.